The molecule has 0 radical (unpaired) electrons. The molecule has 0 spiro atoms. The van der Waals surface area contributed by atoms with Gasteiger partial charge < -0.3 is 10.6 Å². The van der Waals surface area contributed by atoms with E-state index in [0.717, 1.165) is 24.3 Å². The molecule has 1 saturated heterocycles. The lowest BCUT2D eigenvalue weighted by atomic mass is 10.1. The van der Waals surface area contributed by atoms with Gasteiger partial charge in [-0.1, -0.05) is 0 Å². The molecule has 1 fully saturated rings. The predicted octanol–water partition coefficient (Wildman–Crippen LogP) is -0.470. The van der Waals surface area contributed by atoms with Gasteiger partial charge in [-0.15, -0.1) is 0 Å². The third kappa shape index (κ3) is 1.30. The molecule has 6 nitrogen and oxygen atoms in total. The Hall–Kier alpha value is -1.85. The number of nitrogens with two attached hydrogens (primary N) is 1. The van der Waals surface area contributed by atoms with Gasteiger partial charge >= 0.3 is 0 Å². The van der Waals surface area contributed by atoms with Crippen molar-refractivity contribution in [2.24, 2.45) is 5.73 Å². The van der Waals surface area contributed by atoms with Crippen molar-refractivity contribution in [2.45, 2.75) is 19.3 Å². The summed E-state index contributed by atoms with van der Waals surface area (Å²) in [5.41, 5.74) is 5.65. The van der Waals surface area contributed by atoms with Crippen LogP contribution in [0.25, 0.3) is 12.0 Å². The minimum atomic E-state index is 0.622. The molecule has 6 heteroatoms. The molecular weight excluding hydrogens is 204 g/mol. The lowest BCUT2D eigenvalue weighted by molar-refractivity contribution is 0.573. The highest BCUT2D eigenvalue weighted by molar-refractivity contribution is 5.49. The van der Waals surface area contributed by atoms with E-state index in [-0.39, 0.29) is 0 Å². The summed E-state index contributed by atoms with van der Waals surface area (Å²) in [7, 11) is 0. The zero-order chi connectivity index (χ0) is 11.0. The van der Waals surface area contributed by atoms with E-state index in [1.54, 1.807) is 10.7 Å². The maximum atomic E-state index is 5.65. The summed E-state index contributed by atoms with van der Waals surface area (Å²) in [4.78, 5) is 10.8. The topological polar surface area (TPSA) is 72.3 Å². The SMILES string of the molecule is N/C=c1\c(N2CCCCC2)nc2ncnn12. The molecule has 0 saturated carbocycles. The molecule has 3 rings (SSSR count). The standard InChI is InChI=1S/C10H14N6/c11-6-8-9(15-4-2-1-3-5-15)14-10-12-7-13-16(8)10/h6-7H,1-5,11H2/b8-6+. The molecule has 2 N–H and O–H groups in total. The Balaban J connectivity index is 2.11. The molecule has 1 aliphatic heterocycles. The van der Waals surface area contributed by atoms with E-state index in [1.165, 1.54) is 25.6 Å². The fourth-order valence-corrected chi connectivity index (χ4v) is 2.21. The van der Waals surface area contributed by atoms with Crippen molar-refractivity contribution >= 4 is 17.8 Å². The Morgan fingerprint density at radius 3 is 2.81 bits per heavy atom. The summed E-state index contributed by atoms with van der Waals surface area (Å²) < 4.78 is 1.68. The van der Waals surface area contributed by atoms with Gasteiger partial charge in [-0.05, 0) is 19.3 Å². The summed E-state index contributed by atoms with van der Waals surface area (Å²) in [6.07, 6.45) is 6.78. The van der Waals surface area contributed by atoms with Crippen LogP contribution in [0.2, 0.25) is 0 Å². The average molecular weight is 218 g/mol. The van der Waals surface area contributed by atoms with Gasteiger partial charge in [0.05, 0.1) is 0 Å². The molecule has 2 aromatic rings. The third-order valence-corrected chi connectivity index (χ3v) is 3.01. The van der Waals surface area contributed by atoms with Crippen molar-refractivity contribution in [3.63, 3.8) is 0 Å². The van der Waals surface area contributed by atoms with Gasteiger partial charge in [0.2, 0.25) is 0 Å². The molecule has 0 bridgehead atoms. The van der Waals surface area contributed by atoms with Crippen molar-refractivity contribution in [2.75, 3.05) is 18.0 Å². The van der Waals surface area contributed by atoms with Crippen molar-refractivity contribution < 1.29 is 0 Å². The van der Waals surface area contributed by atoms with Gasteiger partial charge in [-0.3, -0.25) is 0 Å². The van der Waals surface area contributed by atoms with E-state index < -0.39 is 0 Å². The third-order valence-electron chi connectivity index (χ3n) is 3.01. The average Bonchev–Trinajstić information content (AvgIpc) is 2.89. The van der Waals surface area contributed by atoms with Crippen molar-refractivity contribution in [3.05, 3.63) is 11.7 Å². The summed E-state index contributed by atoms with van der Waals surface area (Å²) in [6, 6.07) is 0. The van der Waals surface area contributed by atoms with E-state index in [4.69, 9.17) is 5.73 Å². The van der Waals surface area contributed by atoms with Gasteiger partial charge in [0.1, 0.15) is 11.7 Å². The number of hydrogen-bond acceptors (Lipinski definition) is 5. The second kappa shape index (κ2) is 3.62. The molecule has 0 amide bonds. The minimum Gasteiger partial charge on any atom is -0.403 e. The summed E-state index contributed by atoms with van der Waals surface area (Å²) in [5.74, 6) is 1.54. The van der Waals surface area contributed by atoms with Gasteiger partial charge in [0.15, 0.2) is 5.82 Å². The first-order valence-corrected chi connectivity index (χ1v) is 5.56. The lowest BCUT2D eigenvalue weighted by Gasteiger charge is -2.26. The highest BCUT2D eigenvalue weighted by Gasteiger charge is 2.17. The van der Waals surface area contributed by atoms with Crippen molar-refractivity contribution in [1.82, 2.24) is 19.6 Å². The number of imidazole rings is 1. The molecule has 0 aromatic carbocycles. The van der Waals surface area contributed by atoms with E-state index in [9.17, 15) is 0 Å². The van der Waals surface area contributed by atoms with Crippen LogP contribution in [0.5, 0.6) is 0 Å². The van der Waals surface area contributed by atoms with Crippen LogP contribution < -0.4 is 16.0 Å². The number of aromatic nitrogens is 4. The fraction of sp³-hybridized carbons (Fsp3) is 0.500. The Bertz CT molecular complexity index is 539. The van der Waals surface area contributed by atoms with Crippen LogP contribution in [0.4, 0.5) is 5.82 Å². The van der Waals surface area contributed by atoms with Crippen molar-refractivity contribution in [1.29, 1.82) is 0 Å². The molecule has 0 aliphatic carbocycles. The summed E-state index contributed by atoms with van der Waals surface area (Å²) in [6.45, 7) is 2.09. The van der Waals surface area contributed by atoms with Crippen LogP contribution in [0.15, 0.2) is 6.33 Å². The quantitative estimate of drug-likeness (QED) is 0.700. The first-order valence-electron chi connectivity index (χ1n) is 5.56. The molecule has 1 aliphatic rings. The van der Waals surface area contributed by atoms with Crippen molar-refractivity contribution in [3.8, 4) is 0 Å². The predicted molar refractivity (Wildman–Crippen MR) is 60.7 cm³/mol. The van der Waals surface area contributed by atoms with Crippen LogP contribution >= 0.6 is 0 Å². The molecule has 3 heterocycles. The molecular formula is C10H14N6. The van der Waals surface area contributed by atoms with Crippen LogP contribution in [0, 0.1) is 0 Å². The Morgan fingerprint density at radius 2 is 2.06 bits per heavy atom. The molecule has 84 valence electrons. The second-order valence-corrected chi connectivity index (χ2v) is 4.01. The highest BCUT2D eigenvalue weighted by atomic mass is 15.4. The fourth-order valence-electron chi connectivity index (χ4n) is 2.21. The number of anilines is 1. The Kier molecular flexibility index (Phi) is 2.12. The normalized spacial score (nSPS) is 18.5. The van der Waals surface area contributed by atoms with Gasteiger partial charge in [-0.2, -0.15) is 19.6 Å². The first-order chi connectivity index (χ1) is 7.90. The zero-order valence-corrected chi connectivity index (χ0v) is 9.00. The number of fused-ring (bicyclic) bond motifs is 1. The van der Waals surface area contributed by atoms with E-state index in [0.29, 0.717) is 5.78 Å². The number of rotatable bonds is 1. The highest BCUT2D eigenvalue weighted by Crippen LogP contribution is 2.14. The minimum absolute atomic E-state index is 0.622. The summed E-state index contributed by atoms with van der Waals surface area (Å²) >= 11 is 0. The van der Waals surface area contributed by atoms with Gasteiger partial charge in [0.25, 0.3) is 5.78 Å². The smallest absolute Gasteiger partial charge is 0.254 e. The maximum Gasteiger partial charge on any atom is 0.254 e. The monoisotopic (exact) mass is 218 g/mol. The largest absolute Gasteiger partial charge is 0.403 e. The van der Waals surface area contributed by atoms with Gasteiger partial charge in [0, 0.05) is 19.3 Å². The molecule has 16 heavy (non-hydrogen) atoms. The molecule has 0 unspecified atom stereocenters. The second-order valence-electron chi connectivity index (χ2n) is 4.01. The number of piperidine rings is 1. The van der Waals surface area contributed by atoms with Crippen LogP contribution in [0.1, 0.15) is 19.3 Å². The van der Waals surface area contributed by atoms with E-state index in [1.807, 2.05) is 0 Å². The Labute approximate surface area is 92.8 Å². The van der Waals surface area contributed by atoms with Crippen LogP contribution in [0.3, 0.4) is 0 Å². The molecule has 2 aromatic heterocycles. The number of hydrogen-bond donors (Lipinski definition) is 1. The molecule has 0 atom stereocenters. The first kappa shape index (κ1) is 9.38. The lowest BCUT2D eigenvalue weighted by Crippen LogP contribution is -2.34. The van der Waals surface area contributed by atoms with Crippen LogP contribution in [-0.2, 0) is 0 Å². The van der Waals surface area contributed by atoms with E-state index >= 15 is 0 Å². The Morgan fingerprint density at radius 1 is 1.25 bits per heavy atom. The van der Waals surface area contributed by atoms with Crippen LogP contribution in [-0.4, -0.2) is 32.7 Å². The zero-order valence-electron chi connectivity index (χ0n) is 9.00. The number of nitrogens with zero attached hydrogens (tertiary/aromatic N) is 5. The maximum absolute atomic E-state index is 5.65. The van der Waals surface area contributed by atoms with E-state index in [2.05, 4.69) is 20.0 Å². The van der Waals surface area contributed by atoms with Gasteiger partial charge in [-0.25, -0.2) is 0 Å². The summed E-state index contributed by atoms with van der Waals surface area (Å²) in [5, 5.41) is 4.95.